The van der Waals surface area contributed by atoms with E-state index in [0.717, 1.165) is 11.3 Å². The zero-order chi connectivity index (χ0) is 15.2. The molecule has 1 aromatic rings. The van der Waals surface area contributed by atoms with Gasteiger partial charge in [-0.3, -0.25) is 9.59 Å². The Labute approximate surface area is 124 Å². The lowest BCUT2D eigenvalue weighted by atomic mass is 9.89. The first-order chi connectivity index (χ1) is 10.1. The minimum atomic E-state index is -0.159. The predicted molar refractivity (Wildman–Crippen MR) is 79.4 cm³/mol. The zero-order valence-corrected chi connectivity index (χ0v) is 12.1. The van der Waals surface area contributed by atoms with Gasteiger partial charge in [-0.15, -0.1) is 0 Å². The molecule has 0 aliphatic carbocycles. The number of benzene rings is 1. The molecule has 0 fully saturated rings. The van der Waals surface area contributed by atoms with E-state index in [-0.39, 0.29) is 17.7 Å². The number of nitrogens with one attached hydrogen (secondary N) is 1. The number of fused-ring (bicyclic) bond motifs is 1. The first-order valence-corrected chi connectivity index (χ1v) is 7.11. The Hall–Kier alpha value is -2.35. The average Bonchev–Trinajstić information content (AvgIpc) is 2.50. The number of amides is 2. The highest BCUT2D eigenvalue weighted by molar-refractivity contribution is 5.96. The summed E-state index contributed by atoms with van der Waals surface area (Å²) in [5, 5.41) is 11.4. The second-order valence-corrected chi connectivity index (χ2v) is 5.31. The molecule has 0 aromatic heterocycles. The third-order valence-electron chi connectivity index (χ3n) is 3.80. The topological polar surface area (TPSA) is 73.2 Å². The first kappa shape index (κ1) is 15.0. The van der Waals surface area contributed by atoms with Crippen LogP contribution >= 0.6 is 0 Å². The molecular weight excluding hydrogens is 266 g/mol. The van der Waals surface area contributed by atoms with Gasteiger partial charge in [-0.2, -0.15) is 5.26 Å². The molecule has 1 heterocycles. The fourth-order valence-corrected chi connectivity index (χ4v) is 2.48. The van der Waals surface area contributed by atoms with E-state index in [1.165, 1.54) is 0 Å². The van der Waals surface area contributed by atoms with Gasteiger partial charge in [0.1, 0.15) is 0 Å². The van der Waals surface area contributed by atoms with Crippen LogP contribution in [0.15, 0.2) is 24.3 Å². The molecule has 0 saturated heterocycles. The monoisotopic (exact) mass is 285 g/mol. The molecule has 0 saturated carbocycles. The van der Waals surface area contributed by atoms with Gasteiger partial charge in [0.25, 0.3) is 0 Å². The molecule has 5 heteroatoms. The summed E-state index contributed by atoms with van der Waals surface area (Å²) in [6.07, 6.45) is 1.88. The van der Waals surface area contributed by atoms with Crippen molar-refractivity contribution in [3.05, 3.63) is 29.8 Å². The van der Waals surface area contributed by atoms with Crippen molar-refractivity contribution >= 4 is 17.5 Å². The van der Waals surface area contributed by atoms with E-state index in [1.807, 2.05) is 30.3 Å². The number of nitrogens with zero attached hydrogens (tertiary/aromatic N) is 2. The van der Waals surface area contributed by atoms with Crippen molar-refractivity contribution in [2.45, 2.75) is 25.7 Å². The van der Waals surface area contributed by atoms with Crippen molar-refractivity contribution in [3.8, 4) is 6.07 Å². The van der Waals surface area contributed by atoms with Crippen molar-refractivity contribution in [1.82, 2.24) is 4.90 Å². The van der Waals surface area contributed by atoms with Crippen LogP contribution in [0.5, 0.6) is 0 Å². The average molecular weight is 285 g/mol. The number of carbonyl (C=O) groups is 2. The Kier molecular flexibility index (Phi) is 4.94. The van der Waals surface area contributed by atoms with Gasteiger partial charge in [-0.25, -0.2) is 0 Å². The van der Waals surface area contributed by atoms with Crippen LogP contribution in [0.3, 0.4) is 0 Å². The largest absolute Gasteiger partial charge is 0.345 e. The van der Waals surface area contributed by atoms with Gasteiger partial charge in [0.15, 0.2) is 0 Å². The Morgan fingerprint density at radius 2 is 2.24 bits per heavy atom. The van der Waals surface area contributed by atoms with E-state index in [0.29, 0.717) is 32.2 Å². The Morgan fingerprint density at radius 3 is 3.00 bits per heavy atom. The summed E-state index contributed by atoms with van der Waals surface area (Å²) < 4.78 is 0. The zero-order valence-electron chi connectivity index (χ0n) is 12.1. The molecule has 5 nitrogen and oxygen atoms in total. The number of rotatable bonds is 5. The molecule has 21 heavy (non-hydrogen) atoms. The summed E-state index contributed by atoms with van der Waals surface area (Å²) >= 11 is 0. The van der Waals surface area contributed by atoms with Crippen LogP contribution in [0.4, 0.5) is 5.69 Å². The summed E-state index contributed by atoms with van der Waals surface area (Å²) in [5.41, 5.74) is 1.99. The van der Waals surface area contributed by atoms with E-state index in [1.54, 1.807) is 11.9 Å². The minimum Gasteiger partial charge on any atom is -0.345 e. The van der Waals surface area contributed by atoms with Gasteiger partial charge in [-0.1, -0.05) is 18.2 Å². The summed E-state index contributed by atoms with van der Waals surface area (Å²) in [7, 11) is 1.69. The number of hydrogen-bond donors (Lipinski definition) is 1. The third-order valence-corrected chi connectivity index (χ3v) is 3.80. The van der Waals surface area contributed by atoms with E-state index in [9.17, 15) is 9.59 Å². The molecule has 0 radical (unpaired) electrons. The van der Waals surface area contributed by atoms with Gasteiger partial charge in [0.05, 0.1) is 12.5 Å². The summed E-state index contributed by atoms with van der Waals surface area (Å²) in [6, 6.07) is 9.76. The lowest BCUT2D eigenvalue weighted by molar-refractivity contribution is -0.130. The lowest BCUT2D eigenvalue weighted by Crippen LogP contribution is -2.32. The van der Waals surface area contributed by atoms with Crippen molar-refractivity contribution in [3.63, 3.8) is 0 Å². The fourth-order valence-electron chi connectivity index (χ4n) is 2.48. The van der Waals surface area contributed by atoms with Crippen molar-refractivity contribution in [2.24, 2.45) is 5.92 Å². The molecule has 2 amide bonds. The van der Waals surface area contributed by atoms with Gasteiger partial charge in [-0.05, 0) is 24.5 Å². The van der Waals surface area contributed by atoms with E-state index in [4.69, 9.17) is 5.26 Å². The van der Waals surface area contributed by atoms with Crippen molar-refractivity contribution < 1.29 is 9.59 Å². The highest BCUT2D eigenvalue weighted by Gasteiger charge is 2.26. The fraction of sp³-hybridized carbons (Fsp3) is 0.438. The first-order valence-electron chi connectivity index (χ1n) is 7.11. The molecule has 0 spiro atoms. The molecule has 1 atom stereocenters. The second-order valence-electron chi connectivity index (χ2n) is 5.31. The third kappa shape index (κ3) is 3.82. The van der Waals surface area contributed by atoms with Crippen molar-refractivity contribution in [2.75, 3.05) is 18.9 Å². The van der Waals surface area contributed by atoms with Gasteiger partial charge in [0, 0.05) is 31.6 Å². The molecule has 110 valence electrons. The quantitative estimate of drug-likeness (QED) is 0.898. The lowest BCUT2D eigenvalue weighted by Gasteiger charge is -2.25. The van der Waals surface area contributed by atoms with E-state index in [2.05, 4.69) is 5.32 Å². The number of hydrogen-bond acceptors (Lipinski definition) is 3. The van der Waals surface area contributed by atoms with E-state index < -0.39 is 0 Å². The van der Waals surface area contributed by atoms with Crippen LogP contribution in [-0.4, -0.2) is 30.3 Å². The summed E-state index contributed by atoms with van der Waals surface area (Å²) in [6.45, 7) is 0.440. The predicted octanol–water partition coefficient (Wildman–Crippen LogP) is 1.95. The summed E-state index contributed by atoms with van der Waals surface area (Å²) in [4.78, 5) is 25.5. The number of carbonyl (C=O) groups excluding carboxylic acids is 2. The molecule has 1 N–H and O–H groups in total. The number of nitriles is 1. The van der Waals surface area contributed by atoms with Gasteiger partial charge < -0.3 is 10.2 Å². The van der Waals surface area contributed by atoms with Crippen LogP contribution in [0.2, 0.25) is 0 Å². The highest BCUT2D eigenvalue weighted by atomic mass is 16.2. The van der Waals surface area contributed by atoms with Crippen LogP contribution in [-0.2, 0) is 16.0 Å². The van der Waals surface area contributed by atoms with Gasteiger partial charge >= 0.3 is 0 Å². The molecule has 1 aromatic carbocycles. The second kappa shape index (κ2) is 6.89. The van der Waals surface area contributed by atoms with Crippen LogP contribution in [0.1, 0.15) is 24.8 Å². The molecule has 1 aliphatic rings. The summed E-state index contributed by atoms with van der Waals surface area (Å²) in [5.74, 6) is -0.189. The normalized spacial score (nSPS) is 16.6. The van der Waals surface area contributed by atoms with E-state index >= 15 is 0 Å². The molecular formula is C16H19N3O2. The van der Waals surface area contributed by atoms with Gasteiger partial charge in [0.2, 0.25) is 11.8 Å². The standard InChI is InChI=1S/C16H19N3O2/c1-19(10-4-9-17)15(20)8-7-13-11-12-5-2-3-6-14(12)18-16(13)21/h2-3,5-6,13H,4,7-8,10-11H2,1H3,(H,18,21). The molecule has 2 rings (SSSR count). The molecule has 0 bridgehead atoms. The maximum absolute atomic E-state index is 12.0. The Bertz CT molecular complexity index is 577. The maximum Gasteiger partial charge on any atom is 0.227 e. The Morgan fingerprint density at radius 1 is 1.48 bits per heavy atom. The maximum atomic E-state index is 12.0. The SMILES string of the molecule is CN(CCC#N)C(=O)CCC1Cc2ccccc2NC1=O. The Balaban J connectivity index is 1.88. The van der Waals surface area contributed by atoms with Crippen LogP contribution in [0.25, 0.3) is 0 Å². The number of para-hydroxylation sites is 1. The number of anilines is 1. The van der Waals surface area contributed by atoms with Crippen LogP contribution < -0.4 is 5.32 Å². The molecule has 1 unspecified atom stereocenters. The van der Waals surface area contributed by atoms with Crippen LogP contribution in [0, 0.1) is 17.2 Å². The molecule has 1 aliphatic heterocycles. The van der Waals surface area contributed by atoms with Crippen molar-refractivity contribution in [1.29, 1.82) is 5.26 Å². The smallest absolute Gasteiger partial charge is 0.227 e. The highest BCUT2D eigenvalue weighted by Crippen LogP contribution is 2.27. The minimum absolute atomic E-state index is 0.0128.